The summed E-state index contributed by atoms with van der Waals surface area (Å²) in [5.74, 6) is 0.708. The first-order valence-corrected chi connectivity index (χ1v) is 8.60. The largest absolute Gasteiger partial charge is 0.337 e. The van der Waals surface area contributed by atoms with E-state index in [9.17, 15) is 4.79 Å². The van der Waals surface area contributed by atoms with Gasteiger partial charge in [0.1, 0.15) is 0 Å². The van der Waals surface area contributed by atoms with Crippen LogP contribution in [0.1, 0.15) is 41.8 Å². The van der Waals surface area contributed by atoms with Gasteiger partial charge >= 0.3 is 0 Å². The standard InChI is InChI=1S/C16H18N4OS/c21-16(6-5-14-2-1-9-22-14)19-8-7-13(10-19)20-11-15(17-18-20)12-3-4-12/h1-2,5-6,9,11-13H,3-4,7-8,10H2/b6-5+. The van der Waals surface area contributed by atoms with E-state index in [2.05, 4.69) is 16.5 Å². The number of carbonyl (C=O) groups excluding carboxylic acids is 1. The van der Waals surface area contributed by atoms with Crippen LogP contribution < -0.4 is 0 Å². The van der Waals surface area contributed by atoms with E-state index >= 15 is 0 Å². The molecule has 1 aliphatic carbocycles. The lowest BCUT2D eigenvalue weighted by Gasteiger charge is -2.14. The van der Waals surface area contributed by atoms with E-state index in [4.69, 9.17) is 0 Å². The molecule has 2 aliphatic rings. The van der Waals surface area contributed by atoms with Crippen molar-refractivity contribution >= 4 is 23.3 Å². The van der Waals surface area contributed by atoms with Crippen LogP contribution in [0.5, 0.6) is 0 Å². The Kier molecular flexibility index (Phi) is 3.54. The summed E-state index contributed by atoms with van der Waals surface area (Å²) in [4.78, 5) is 15.2. The molecule has 2 aromatic rings. The van der Waals surface area contributed by atoms with Crippen molar-refractivity contribution in [2.75, 3.05) is 13.1 Å². The number of hydrogen-bond acceptors (Lipinski definition) is 4. The summed E-state index contributed by atoms with van der Waals surface area (Å²) in [6.07, 6.45) is 9.05. The molecule has 0 radical (unpaired) electrons. The third kappa shape index (κ3) is 2.83. The van der Waals surface area contributed by atoms with Crippen molar-refractivity contribution in [2.45, 2.75) is 31.2 Å². The number of hydrogen-bond donors (Lipinski definition) is 0. The van der Waals surface area contributed by atoms with Crippen molar-refractivity contribution in [1.29, 1.82) is 0 Å². The van der Waals surface area contributed by atoms with Gasteiger partial charge in [-0.2, -0.15) is 0 Å². The lowest BCUT2D eigenvalue weighted by Crippen LogP contribution is -2.27. The molecule has 1 saturated carbocycles. The molecule has 0 bridgehead atoms. The molecule has 1 saturated heterocycles. The first-order chi connectivity index (χ1) is 10.8. The van der Waals surface area contributed by atoms with Crippen LogP contribution in [-0.2, 0) is 4.79 Å². The zero-order valence-electron chi connectivity index (χ0n) is 12.3. The molecule has 114 valence electrons. The summed E-state index contributed by atoms with van der Waals surface area (Å²) in [6, 6.07) is 4.26. The molecule has 1 amide bonds. The van der Waals surface area contributed by atoms with Crippen LogP contribution in [0.3, 0.4) is 0 Å². The Morgan fingerprint density at radius 3 is 3.05 bits per heavy atom. The van der Waals surface area contributed by atoms with E-state index in [0.29, 0.717) is 5.92 Å². The van der Waals surface area contributed by atoms with Crippen molar-refractivity contribution < 1.29 is 4.79 Å². The molecule has 4 rings (SSSR count). The van der Waals surface area contributed by atoms with Crippen LogP contribution in [-0.4, -0.2) is 38.9 Å². The number of amides is 1. The highest BCUT2D eigenvalue weighted by Gasteiger charge is 2.30. The topological polar surface area (TPSA) is 51.0 Å². The Morgan fingerprint density at radius 2 is 2.27 bits per heavy atom. The fourth-order valence-corrected chi connectivity index (χ4v) is 3.46. The average Bonchev–Trinajstić information content (AvgIpc) is 3.02. The van der Waals surface area contributed by atoms with Gasteiger partial charge in [0, 0.05) is 36.2 Å². The van der Waals surface area contributed by atoms with Gasteiger partial charge in [-0.25, -0.2) is 4.68 Å². The smallest absolute Gasteiger partial charge is 0.246 e. The molecule has 0 spiro atoms. The van der Waals surface area contributed by atoms with Crippen LogP contribution in [0.25, 0.3) is 6.08 Å². The second-order valence-corrected chi connectivity index (χ2v) is 6.95. The maximum Gasteiger partial charge on any atom is 0.246 e. The van der Waals surface area contributed by atoms with E-state index in [1.165, 1.54) is 12.8 Å². The molecule has 1 aliphatic heterocycles. The van der Waals surface area contributed by atoms with Crippen LogP contribution in [0.2, 0.25) is 0 Å². The van der Waals surface area contributed by atoms with E-state index < -0.39 is 0 Å². The molecule has 3 heterocycles. The SMILES string of the molecule is O=C(/C=C/c1cccs1)N1CCC(n2cc(C3CC3)nn2)C1. The van der Waals surface area contributed by atoms with Crippen molar-refractivity contribution in [1.82, 2.24) is 19.9 Å². The molecule has 2 aromatic heterocycles. The Bertz CT molecular complexity index is 687. The fourth-order valence-electron chi connectivity index (χ4n) is 2.84. The van der Waals surface area contributed by atoms with Crippen LogP contribution in [0.15, 0.2) is 29.8 Å². The number of thiophene rings is 1. The van der Waals surface area contributed by atoms with Crippen molar-refractivity contribution in [2.24, 2.45) is 0 Å². The van der Waals surface area contributed by atoms with Crippen molar-refractivity contribution in [3.8, 4) is 0 Å². The molecule has 0 aromatic carbocycles. The van der Waals surface area contributed by atoms with Gasteiger partial charge in [-0.05, 0) is 36.8 Å². The molecular weight excluding hydrogens is 296 g/mol. The number of rotatable bonds is 4. The van der Waals surface area contributed by atoms with E-state index in [1.807, 2.05) is 33.2 Å². The third-order valence-electron chi connectivity index (χ3n) is 4.31. The van der Waals surface area contributed by atoms with Gasteiger partial charge in [-0.3, -0.25) is 4.79 Å². The third-order valence-corrected chi connectivity index (χ3v) is 5.14. The summed E-state index contributed by atoms with van der Waals surface area (Å²) in [6.45, 7) is 1.51. The first kappa shape index (κ1) is 13.7. The zero-order valence-corrected chi connectivity index (χ0v) is 13.1. The summed E-state index contributed by atoms with van der Waals surface area (Å²) >= 11 is 1.64. The van der Waals surface area contributed by atoms with Crippen molar-refractivity contribution in [3.63, 3.8) is 0 Å². The predicted molar refractivity (Wildman–Crippen MR) is 85.6 cm³/mol. The molecule has 1 unspecified atom stereocenters. The number of aromatic nitrogens is 3. The van der Waals surface area contributed by atoms with Gasteiger partial charge in [0.2, 0.25) is 5.91 Å². The zero-order chi connectivity index (χ0) is 14.9. The van der Waals surface area contributed by atoms with E-state index in [1.54, 1.807) is 17.4 Å². The number of carbonyl (C=O) groups is 1. The normalized spacial score (nSPS) is 21.8. The van der Waals surface area contributed by atoms with Gasteiger partial charge in [0.05, 0.1) is 11.7 Å². The summed E-state index contributed by atoms with van der Waals surface area (Å²) in [5.41, 5.74) is 1.11. The Hall–Kier alpha value is -1.95. The minimum Gasteiger partial charge on any atom is -0.337 e. The van der Waals surface area contributed by atoms with Crippen LogP contribution in [0.4, 0.5) is 0 Å². The molecule has 6 heteroatoms. The maximum absolute atomic E-state index is 12.2. The highest BCUT2D eigenvalue weighted by atomic mass is 32.1. The molecular formula is C16H18N4OS. The second kappa shape index (κ2) is 5.68. The van der Waals surface area contributed by atoms with Gasteiger partial charge in [-0.1, -0.05) is 11.3 Å². The summed E-state index contributed by atoms with van der Waals surface area (Å²) < 4.78 is 1.95. The van der Waals surface area contributed by atoms with Gasteiger partial charge in [0.25, 0.3) is 0 Å². The van der Waals surface area contributed by atoms with Gasteiger partial charge < -0.3 is 4.90 Å². The monoisotopic (exact) mass is 314 g/mol. The maximum atomic E-state index is 12.2. The second-order valence-electron chi connectivity index (χ2n) is 5.97. The van der Waals surface area contributed by atoms with Gasteiger partial charge in [-0.15, -0.1) is 16.4 Å². The minimum atomic E-state index is 0.0819. The molecule has 22 heavy (non-hydrogen) atoms. The van der Waals surface area contributed by atoms with Crippen LogP contribution >= 0.6 is 11.3 Å². The van der Waals surface area contributed by atoms with E-state index in [0.717, 1.165) is 30.1 Å². The Morgan fingerprint density at radius 1 is 1.36 bits per heavy atom. The molecule has 5 nitrogen and oxygen atoms in total. The highest BCUT2D eigenvalue weighted by molar-refractivity contribution is 7.10. The lowest BCUT2D eigenvalue weighted by atomic mass is 10.2. The summed E-state index contributed by atoms with van der Waals surface area (Å²) in [7, 11) is 0. The Labute approximate surface area is 133 Å². The van der Waals surface area contributed by atoms with Crippen LogP contribution in [0, 0.1) is 0 Å². The summed E-state index contributed by atoms with van der Waals surface area (Å²) in [5, 5.41) is 10.5. The number of nitrogens with zero attached hydrogens (tertiary/aromatic N) is 4. The van der Waals surface area contributed by atoms with Gasteiger partial charge in [0.15, 0.2) is 0 Å². The lowest BCUT2D eigenvalue weighted by molar-refractivity contribution is -0.125. The molecule has 1 atom stereocenters. The minimum absolute atomic E-state index is 0.0819. The fraction of sp³-hybridized carbons (Fsp3) is 0.438. The molecule has 0 N–H and O–H groups in total. The molecule has 2 fully saturated rings. The quantitative estimate of drug-likeness (QED) is 0.815. The van der Waals surface area contributed by atoms with E-state index in [-0.39, 0.29) is 11.9 Å². The average molecular weight is 314 g/mol. The van der Waals surface area contributed by atoms with Crippen molar-refractivity contribution in [3.05, 3.63) is 40.4 Å². The Balaban J connectivity index is 1.37. The number of likely N-dealkylation sites (tertiary alicyclic amines) is 1. The highest BCUT2D eigenvalue weighted by Crippen LogP contribution is 2.39. The predicted octanol–water partition coefficient (Wildman–Crippen LogP) is 2.70. The first-order valence-electron chi connectivity index (χ1n) is 7.72.